The van der Waals surface area contributed by atoms with Gasteiger partial charge in [-0.25, -0.2) is 13.4 Å². The zero-order chi connectivity index (χ0) is 14.8. The highest BCUT2D eigenvalue weighted by atomic mass is 32.2. The maximum Gasteiger partial charge on any atom is 0.215 e. The van der Waals surface area contributed by atoms with Gasteiger partial charge in [0.25, 0.3) is 0 Å². The van der Waals surface area contributed by atoms with Crippen LogP contribution in [0.25, 0.3) is 0 Å². The lowest BCUT2D eigenvalue weighted by molar-refractivity contribution is 0.103. The molecule has 1 aromatic carbocycles. The van der Waals surface area contributed by atoms with Gasteiger partial charge in [0.1, 0.15) is 5.75 Å². The molecule has 0 aliphatic rings. The topological polar surface area (TPSA) is 73.3 Å². The molecule has 20 heavy (non-hydrogen) atoms. The number of methoxy groups -OCH3 is 1. The lowest BCUT2D eigenvalue weighted by Gasteiger charge is -2.06. The number of pyridine rings is 1. The van der Waals surface area contributed by atoms with Crippen molar-refractivity contribution in [3.63, 3.8) is 0 Å². The number of ether oxygens (including phenoxy) is 1. The van der Waals surface area contributed by atoms with Gasteiger partial charge >= 0.3 is 0 Å². The lowest BCUT2D eigenvalue weighted by Crippen LogP contribution is -2.07. The molecule has 0 N–H and O–H groups in total. The van der Waals surface area contributed by atoms with Gasteiger partial charge in [-0.15, -0.1) is 0 Å². The van der Waals surface area contributed by atoms with Crippen LogP contribution in [0.5, 0.6) is 5.75 Å². The van der Waals surface area contributed by atoms with Gasteiger partial charge in [-0.2, -0.15) is 0 Å². The summed E-state index contributed by atoms with van der Waals surface area (Å²) < 4.78 is 27.8. The Hall–Kier alpha value is -2.21. The molecule has 1 aromatic heterocycles. The molecule has 5 nitrogen and oxygen atoms in total. The number of carbonyl (C=O) groups excluding carboxylic acids is 1. The number of hydrogen-bond donors (Lipinski definition) is 0. The SMILES string of the molecule is COc1cccnc1C(=O)c1ccc(S(C)(=O)=O)cc1. The van der Waals surface area contributed by atoms with E-state index in [-0.39, 0.29) is 16.4 Å². The van der Waals surface area contributed by atoms with Gasteiger partial charge in [0, 0.05) is 18.0 Å². The monoisotopic (exact) mass is 291 g/mol. The summed E-state index contributed by atoms with van der Waals surface area (Å²) in [4.78, 5) is 16.5. The predicted octanol–water partition coefficient (Wildman–Crippen LogP) is 1.72. The highest BCUT2D eigenvalue weighted by molar-refractivity contribution is 7.90. The maximum absolute atomic E-state index is 12.3. The molecule has 1 heterocycles. The average molecular weight is 291 g/mol. The molecule has 0 aliphatic carbocycles. The summed E-state index contributed by atoms with van der Waals surface area (Å²) in [6.45, 7) is 0. The smallest absolute Gasteiger partial charge is 0.215 e. The molecular weight excluding hydrogens is 278 g/mol. The first kappa shape index (κ1) is 14.2. The molecule has 0 fully saturated rings. The van der Waals surface area contributed by atoms with Crippen molar-refractivity contribution in [1.82, 2.24) is 4.98 Å². The third-order valence-electron chi connectivity index (χ3n) is 2.75. The molecule has 0 spiro atoms. The zero-order valence-electron chi connectivity index (χ0n) is 11.0. The van der Waals surface area contributed by atoms with Crippen molar-refractivity contribution in [2.75, 3.05) is 13.4 Å². The second-order valence-electron chi connectivity index (χ2n) is 4.18. The number of rotatable bonds is 4. The van der Waals surface area contributed by atoms with E-state index in [0.717, 1.165) is 6.26 Å². The largest absolute Gasteiger partial charge is 0.494 e. The highest BCUT2D eigenvalue weighted by Crippen LogP contribution is 2.19. The zero-order valence-corrected chi connectivity index (χ0v) is 11.8. The summed E-state index contributed by atoms with van der Waals surface area (Å²) in [5.74, 6) is 0.0622. The average Bonchev–Trinajstić information content (AvgIpc) is 2.45. The lowest BCUT2D eigenvalue weighted by atomic mass is 10.1. The minimum atomic E-state index is -3.27. The van der Waals surface area contributed by atoms with E-state index in [1.54, 1.807) is 12.1 Å². The molecule has 0 amide bonds. The van der Waals surface area contributed by atoms with Crippen LogP contribution in [0, 0.1) is 0 Å². The molecule has 104 valence electrons. The fourth-order valence-electron chi connectivity index (χ4n) is 1.72. The Morgan fingerprint density at radius 1 is 1.15 bits per heavy atom. The van der Waals surface area contributed by atoms with Gasteiger partial charge in [0.2, 0.25) is 5.78 Å². The van der Waals surface area contributed by atoms with E-state index < -0.39 is 9.84 Å². The third kappa shape index (κ3) is 2.85. The first-order valence-corrected chi connectivity index (χ1v) is 7.66. The molecule has 0 radical (unpaired) electrons. The quantitative estimate of drug-likeness (QED) is 0.802. The summed E-state index contributed by atoms with van der Waals surface area (Å²) in [6, 6.07) is 9.04. The molecule has 0 saturated carbocycles. The van der Waals surface area contributed by atoms with Crippen molar-refractivity contribution in [1.29, 1.82) is 0 Å². The van der Waals surface area contributed by atoms with Crippen molar-refractivity contribution in [2.24, 2.45) is 0 Å². The number of sulfone groups is 1. The van der Waals surface area contributed by atoms with Gasteiger partial charge in [-0.05, 0) is 36.4 Å². The van der Waals surface area contributed by atoms with Crippen LogP contribution in [0.15, 0.2) is 47.5 Å². The van der Waals surface area contributed by atoms with E-state index >= 15 is 0 Å². The van der Waals surface area contributed by atoms with Gasteiger partial charge in [0.15, 0.2) is 15.5 Å². The second-order valence-corrected chi connectivity index (χ2v) is 6.20. The van der Waals surface area contributed by atoms with Crippen LogP contribution in [-0.2, 0) is 9.84 Å². The normalized spacial score (nSPS) is 11.1. The molecule has 0 bridgehead atoms. The number of benzene rings is 1. The summed E-state index contributed by atoms with van der Waals surface area (Å²) >= 11 is 0. The van der Waals surface area contributed by atoms with Crippen LogP contribution in [0.3, 0.4) is 0 Å². The minimum Gasteiger partial charge on any atom is -0.494 e. The van der Waals surface area contributed by atoms with E-state index in [1.807, 2.05) is 0 Å². The van der Waals surface area contributed by atoms with E-state index in [4.69, 9.17) is 4.74 Å². The van der Waals surface area contributed by atoms with Gasteiger partial charge in [-0.1, -0.05) is 0 Å². The Kier molecular flexibility index (Phi) is 3.85. The van der Waals surface area contributed by atoms with Crippen molar-refractivity contribution >= 4 is 15.6 Å². The number of hydrogen-bond acceptors (Lipinski definition) is 5. The third-order valence-corrected chi connectivity index (χ3v) is 3.88. The fourth-order valence-corrected chi connectivity index (χ4v) is 2.35. The van der Waals surface area contributed by atoms with Gasteiger partial charge < -0.3 is 4.74 Å². The van der Waals surface area contributed by atoms with E-state index in [0.29, 0.717) is 11.3 Å². The Balaban J connectivity index is 2.39. The molecule has 6 heteroatoms. The number of carbonyl (C=O) groups is 1. The summed E-state index contributed by atoms with van der Waals surface area (Å²) in [5.41, 5.74) is 0.552. The van der Waals surface area contributed by atoms with Crippen LogP contribution < -0.4 is 4.74 Å². The second kappa shape index (κ2) is 5.42. The summed E-state index contributed by atoms with van der Waals surface area (Å²) in [5, 5.41) is 0. The van der Waals surface area contributed by atoms with E-state index in [9.17, 15) is 13.2 Å². The Labute approximate surface area is 117 Å². The number of aromatic nitrogens is 1. The van der Waals surface area contributed by atoms with Crippen molar-refractivity contribution in [2.45, 2.75) is 4.90 Å². The van der Waals surface area contributed by atoms with Crippen molar-refractivity contribution in [3.05, 3.63) is 53.9 Å². The molecular formula is C14H13NO4S. The molecule has 0 unspecified atom stereocenters. The number of ketones is 1. The molecule has 0 atom stereocenters. The fraction of sp³-hybridized carbons (Fsp3) is 0.143. The standard InChI is InChI=1S/C14H13NO4S/c1-19-12-4-3-9-15-13(12)14(16)10-5-7-11(8-6-10)20(2,17)18/h3-9H,1-2H3. The maximum atomic E-state index is 12.3. The molecule has 0 saturated heterocycles. The minimum absolute atomic E-state index is 0.169. The first-order chi connectivity index (χ1) is 9.43. The highest BCUT2D eigenvalue weighted by Gasteiger charge is 2.16. The molecule has 0 aliphatic heterocycles. The van der Waals surface area contributed by atoms with Crippen LogP contribution in [0.1, 0.15) is 16.1 Å². The first-order valence-electron chi connectivity index (χ1n) is 5.77. The molecule has 2 aromatic rings. The Morgan fingerprint density at radius 2 is 1.80 bits per heavy atom. The molecule has 2 rings (SSSR count). The van der Waals surface area contributed by atoms with E-state index in [1.165, 1.54) is 37.6 Å². The van der Waals surface area contributed by atoms with Gasteiger partial charge in [-0.3, -0.25) is 4.79 Å². The summed E-state index contributed by atoms with van der Waals surface area (Å²) in [7, 11) is -1.82. The van der Waals surface area contributed by atoms with Crippen molar-refractivity contribution in [3.8, 4) is 5.75 Å². The van der Waals surface area contributed by atoms with Crippen LogP contribution in [0.4, 0.5) is 0 Å². The van der Waals surface area contributed by atoms with Crippen molar-refractivity contribution < 1.29 is 17.9 Å². The van der Waals surface area contributed by atoms with Gasteiger partial charge in [0.05, 0.1) is 12.0 Å². The van der Waals surface area contributed by atoms with E-state index in [2.05, 4.69) is 4.98 Å². The van der Waals surface area contributed by atoms with Crippen LogP contribution >= 0.6 is 0 Å². The predicted molar refractivity (Wildman–Crippen MR) is 73.8 cm³/mol. The van der Waals surface area contributed by atoms with Crippen LogP contribution in [-0.4, -0.2) is 32.6 Å². The van der Waals surface area contributed by atoms with Crippen LogP contribution in [0.2, 0.25) is 0 Å². The number of nitrogens with zero attached hydrogens (tertiary/aromatic N) is 1. The Bertz CT molecular complexity index is 736. The Morgan fingerprint density at radius 3 is 2.35 bits per heavy atom. The summed E-state index contributed by atoms with van der Waals surface area (Å²) in [6.07, 6.45) is 2.62.